The molecule has 0 aromatic heterocycles. The van der Waals surface area contributed by atoms with Crippen LogP contribution in [0.25, 0.3) is 0 Å². The van der Waals surface area contributed by atoms with Gasteiger partial charge in [0.05, 0.1) is 23.4 Å². The van der Waals surface area contributed by atoms with E-state index in [9.17, 15) is 13.2 Å². The molecule has 0 spiro atoms. The Labute approximate surface area is 140 Å². The largest absolute Gasteiger partial charge is 0.494 e. The average molecular weight is 342 g/mol. The van der Waals surface area contributed by atoms with Crippen molar-refractivity contribution in [1.82, 2.24) is 0 Å². The third-order valence-electron chi connectivity index (χ3n) is 5.01. The highest BCUT2D eigenvalue weighted by molar-refractivity contribution is 6.62. The van der Waals surface area contributed by atoms with E-state index in [1.807, 2.05) is 27.7 Å². The Balaban J connectivity index is 1.87. The molecule has 0 atom stereocenters. The van der Waals surface area contributed by atoms with Crippen molar-refractivity contribution >= 4 is 12.6 Å². The second-order valence-corrected chi connectivity index (χ2v) is 7.60. The minimum absolute atomic E-state index is 0.130. The smallest absolute Gasteiger partial charge is 0.493 e. The predicted molar refractivity (Wildman–Crippen MR) is 85.4 cm³/mol. The van der Waals surface area contributed by atoms with Crippen molar-refractivity contribution in [3.63, 3.8) is 0 Å². The highest BCUT2D eigenvalue weighted by Gasteiger charge is 2.52. The van der Waals surface area contributed by atoms with E-state index in [4.69, 9.17) is 14.0 Å². The first-order chi connectivity index (χ1) is 11.0. The Bertz CT molecular complexity index is 608. The fraction of sp³-hybridized carbons (Fsp3) is 0.647. The molecule has 0 unspecified atom stereocenters. The Morgan fingerprint density at radius 2 is 1.71 bits per heavy atom. The summed E-state index contributed by atoms with van der Waals surface area (Å²) >= 11 is 0. The van der Waals surface area contributed by atoms with Crippen molar-refractivity contribution in [3.05, 3.63) is 23.8 Å². The number of ether oxygens (including phenoxy) is 1. The Morgan fingerprint density at radius 3 is 2.21 bits per heavy atom. The molecular formula is C17H22BF3O3. The fourth-order valence-electron chi connectivity index (χ4n) is 2.51. The van der Waals surface area contributed by atoms with Crippen molar-refractivity contribution in [2.45, 2.75) is 57.9 Å². The molecule has 1 aliphatic heterocycles. The zero-order chi connectivity index (χ0) is 17.8. The van der Waals surface area contributed by atoms with E-state index in [-0.39, 0.29) is 5.75 Å². The Hall–Kier alpha value is -1.21. The highest BCUT2D eigenvalue weighted by atomic mass is 19.4. The van der Waals surface area contributed by atoms with Gasteiger partial charge in [-0.2, -0.15) is 13.2 Å². The van der Waals surface area contributed by atoms with Gasteiger partial charge in [-0.1, -0.05) is 6.07 Å². The summed E-state index contributed by atoms with van der Waals surface area (Å²) in [5, 5.41) is 0. The zero-order valence-corrected chi connectivity index (χ0v) is 14.4. The molecule has 2 fully saturated rings. The van der Waals surface area contributed by atoms with E-state index in [1.54, 1.807) is 6.07 Å². The summed E-state index contributed by atoms with van der Waals surface area (Å²) in [6, 6.07) is 4.02. The number of benzene rings is 1. The lowest BCUT2D eigenvalue weighted by Crippen LogP contribution is -2.41. The molecule has 1 heterocycles. The van der Waals surface area contributed by atoms with Gasteiger partial charge in [0.15, 0.2) is 0 Å². The van der Waals surface area contributed by atoms with Gasteiger partial charge in [0.25, 0.3) is 0 Å². The summed E-state index contributed by atoms with van der Waals surface area (Å²) in [6.07, 6.45) is -2.45. The number of halogens is 3. The van der Waals surface area contributed by atoms with E-state index < -0.39 is 30.1 Å². The summed E-state index contributed by atoms with van der Waals surface area (Å²) in [7, 11) is -0.825. The molecule has 0 N–H and O–H groups in total. The first-order valence-corrected chi connectivity index (χ1v) is 8.19. The molecule has 3 nitrogen and oxygen atoms in total. The molecule has 1 aromatic rings. The first kappa shape index (κ1) is 17.6. The first-order valence-electron chi connectivity index (χ1n) is 8.19. The van der Waals surface area contributed by atoms with Gasteiger partial charge in [0.2, 0.25) is 0 Å². The normalized spacial score (nSPS) is 22.7. The van der Waals surface area contributed by atoms with Crippen molar-refractivity contribution in [1.29, 1.82) is 0 Å². The molecule has 0 amide bonds. The van der Waals surface area contributed by atoms with Crippen LogP contribution in [-0.2, 0) is 15.5 Å². The Morgan fingerprint density at radius 1 is 1.12 bits per heavy atom. The van der Waals surface area contributed by atoms with Crippen LogP contribution in [0.2, 0.25) is 0 Å². The minimum atomic E-state index is -4.49. The molecule has 0 bridgehead atoms. The quantitative estimate of drug-likeness (QED) is 0.779. The van der Waals surface area contributed by atoms with Gasteiger partial charge < -0.3 is 14.0 Å². The van der Waals surface area contributed by atoms with Crippen LogP contribution < -0.4 is 10.2 Å². The average Bonchev–Trinajstić information content (AvgIpc) is 3.23. The number of alkyl halides is 3. The van der Waals surface area contributed by atoms with E-state index >= 15 is 0 Å². The second-order valence-electron chi connectivity index (χ2n) is 7.60. The van der Waals surface area contributed by atoms with Gasteiger partial charge in [-0.25, -0.2) is 0 Å². The van der Waals surface area contributed by atoms with Crippen LogP contribution >= 0.6 is 0 Å². The van der Waals surface area contributed by atoms with Crippen LogP contribution in [0.5, 0.6) is 5.75 Å². The van der Waals surface area contributed by atoms with Crippen LogP contribution in [0.4, 0.5) is 13.2 Å². The summed E-state index contributed by atoms with van der Waals surface area (Å²) in [5.41, 5.74) is -1.64. The van der Waals surface area contributed by atoms with Crippen LogP contribution in [-0.4, -0.2) is 24.9 Å². The maximum Gasteiger partial charge on any atom is 0.494 e. The zero-order valence-electron chi connectivity index (χ0n) is 14.4. The van der Waals surface area contributed by atoms with Crippen molar-refractivity contribution < 1.29 is 27.2 Å². The Kier molecular flexibility index (Phi) is 4.16. The van der Waals surface area contributed by atoms with E-state index in [2.05, 4.69) is 0 Å². The van der Waals surface area contributed by atoms with Gasteiger partial charge in [-0.3, -0.25) is 0 Å². The fourth-order valence-corrected chi connectivity index (χ4v) is 2.51. The van der Waals surface area contributed by atoms with Crippen LogP contribution in [0.1, 0.15) is 46.1 Å². The van der Waals surface area contributed by atoms with Crippen molar-refractivity contribution in [3.8, 4) is 5.75 Å². The molecule has 3 rings (SSSR count). The van der Waals surface area contributed by atoms with Gasteiger partial charge in [0.1, 0.15) is 5.75 Å². The van der Waals surface area contributed by atoms with Crippen molar-refractivity contribution in [2.24, 2.45) is 5.92 Å². The second kappa shape index (κ2) is 5.66. The number of rotatable bonds is 4. The molecule has 24 heavy (non-hydrogen) atoms. The topological polar surface area (TPSA) is 27.7 Å². The summed E-state index contributed by atoms with van der Waals surface area (Å²) < 4.78 is 57.2. The maximum atomic E-state index is 13.4. The monoisotopic (exact) mass is 342 g/mol. The predicted octanol–water partition coefficient (Wildman–Crippen LogP) is 3.79. The number of hydrogen-bond donors (Lipinski definition) is 0. The molecule has 0 radical (unpaired) electrons. The molecule has 2 aliphatic rings. The van der Waals surface area contributed by atoms with Crippen LogP contribution in [0.15, 0.2) is 18.2 Å². The maximum absolute atomic E-state index is 13.4. The molecule has 7 heteroatoms. The molecule has 132 valence electrons. The standard InChI is InChI=1S/C17H22BF3O3/c1-15(2)16(3,4)24-18(23-15)12-7-8-14(22-10-11-5-6-11)13(9-12)17(19,20)21/h7-9,11H,5-6,10H2,1-4H3. The summed E-state index contributed by atoms with van der Waals surface area (Å²) in [4.78, 5) is 0. The van der Waals surface area contributed by atoms with Crippen LogP contribution in [0, 0.1) is 5.92 Å². The third-order valence-corrected chi connectivity index (χ3v) is 5.01. The van der Waals surface area contributed by atoms with E-state index in [1.165, 1.54) is 6.07 Å². The van der Waals surface area contributed by atoms with E-state index in [0.717, 1.165) is 18.9 Å². The lowest BCUT2D eigenvalue weighted by atomic mass is 9.78. The molecule has 1 aromatic carbocycles. The summed E-state index contributed by atoms with van der Waals surface area (Å²) in [6.45, 7) is 7.80. The van der Waals surface area contributed by atoms with Gasteiger partial charge in [-0.05, 0) is 64.1 Å². The molecule has 1 saturated carbocycles. The highest BCUT2D eigenvalue weighted by Crippen LogP contribution is 2.39. The molecule has 1 aliphatic carbocycles. The lowest BCUT2D eigenvalue weighted by Gasteiger charge is -2.32. The van der Waals surface area contributed by atoms with E-state index in [0.29, 0.717) is 18.0 Å². The number of hydrogen-bond acceptors (Lipinski definition) is 3. The summed E-state index contributed by atoms with van der Waals surface area (Å²) in [5.74, 6) is 0.253. The van der Waals surface area contributed by atoms with Gasteiger partial charge >= 0.3 is 13.3 Å². The van der Waals surface area contributed by atoms with Gasteiger partial charge in [-0.15, -0.1) is 0 Å². The minimum Gasteiger partial charge on any atom is -0.493 e. The lowest BCUT2D eigenvalue weighted by molar-refractivity contribution is -0.138. The third kappa shape index (κ3) is 3.42. The molecular weight excluding hydrogens is 320 g/mol. The SMILES string of the molecule is CC1(C)OB(c2ccc(OCC3CC3)c(C(F)(F)F)c2)OC1(C)C. The van der Waals surface area contributed by atoms with Gasteiger partial charge in [0, 0.05) is 0 Å². The van der Waals surface area contributed by atoms with Crippen LogP contribution in [0.3, 0.4) is 0 Å². The van der Waals surface area contributed by atoms with Crippen molar-refractivity contribution in [2.75, 3.05) is 6.61 Å². The molecule has 1 saturated heterocycles.